The Morgan fingerprint density at radius 3 is 2.62 bits per heavy atom. The number of nitrogens with one attached hydrogen (secondary N) is 3. The lowest BCUT2D eigenvalue weighted by Crippen LogP contribution is -2.41. The first-order valence-corrected chi connectivity index (χ1v) is 7.89. The van der Waals surface area contributed by atoms with Crippen LogP contribution in [-0.2, 0) is 18.4 Å². The second-order valence-corrected chi connectivity index (χ2v) is 5.61. The Bertz CT molecular complexity index is 790. The van der Waals surface area contributed by atoms with Crippen LogP contribution in [0.15, 0.2) is 29.3 Å². The van der Waals surface area contributed by atoms with Gasteiger partial charge >= 0.3 is 0 Å². The van der Waals surface area contributed by atoms with E-state index in [0.29, 0.717) is 18.2 Å². The van der Waals surface area contributed by atoms with Gasteiger partial charge in [-0.05, 0) is 32.0 Å². The van der Waals surface area contributed by atoms with E-state index >= 15 is 0 Å². The summed E-state index contributed by atoms with van der Waals surface area (Å²) < 4.78 is 14.9. The number of guanidine groups is 1. The first-order valence-electron chi connectivity index (χ1n) is 7.89. The van der Waals surface area contributed by atoms with Gasteiger partial charge in [-0.25, -0.2) is 4.39 Å². The Labute approximate surface area is 169 Å². The summed E-state index contributed by atoms with van der Waals surface area (Å²) in [5, 5.41) is 13.1. The predicted molar refractivity (Wildman–Crippen MR) is 111 cm³/mol. The molecule has 0 unspecified atom stereocenters. The van der Waals surface area contributed by atoms with Crippen molar-refractivity contribution in [3.05, 3.63) is 47.0 Å². The van der Waals surface area contributed by atoms with Crippen molar-refractivity contribution in [3.63, 3.8) is 0 Å². The van der Waals surface area contributed by atoms with Crippen LogP contribution in [0.4, 0.5) is 10.1 Å². The van der Waals surface area contributed by atoms with E-state index in [1.54, 1.807) is 13.1 Å². The zero-order valence-corrected chi connectivity index (χ0v) is 17.6. The molecule has 26 heavy (non-hydrogen) atoms. The van der Waals surface area contributed by atoms with Gasteiger partial charge in [-0.1, -0.05) is 6.07 Å². The molecular formula is C17H24FIN6O. The van der Waals surface area contributed by atoms with Crippen molar-refractivity contribution in [2.45, 2.75) is 20.4 Å². The molecule has 2 aromatic rings. The molecule has 0 bridgehead atoms. The maximum Gasteiger partial charge on any atom is 0.243 e. The van der Waals surface area contributed by atoms with Crippen LogP contribution >= 0.6 is 24.0 Å². The second-order valence-electron chi connectivity index (χ2n) is 5.61. The van der Waals surface area contributed by atoms with Crippen molar-refractivity contribution in [2.75, 3.05) is 18.9 Å². The zero-order valence-electron chi connectivity index (χ0n) is 15.3. The van der Waals surface area contributed by atoms with Gasteiger partial charge in [0.15, 0.2) is 5.96 Å². The van der Waals surface area contributed by atoms with Gasteiger partial charge in [-0.15, -0.1) is 24.0 Å². The number of nitrogens with zero attached hydrogens (tertiary/aromatic N) is 3. The minimum atomic E-state index is -0.398. The number of aliphatic imine (C=N–C) groups is 1. The summed E-state index contributed by atoms with van der Waals surface area (Å²) >= 11 is 0. The van der Waals surface area contributed by atoms with Gasteiger partial charge in [0.2, 0.25) is 5.91 Å². The SMILES string of the molecule is CN=C(NCC(=O)Nc1cccc(F)c1)NCc1c(C)nn(C)c1C.I. The first kappa shape index (κ1) is 21.9. The van der Waals surface area contributed by atoms with E-state index in [1.165, 1.54) is 18.2 Å². The second kappa shape index (κ2) is 10.1. The molecule has 0 fully saturated rings. The molecule has 0 saturated heterocycles. The van der Waals surface area contributed by atoms with Crippen molar-refractivity contribution in [3.8, 4) is 0 Å². The highest BCUT2D eigenvalue weighted by Crippen LogP contribution is 2.11. The van der Waals surface area contributed by atoms with Crippen LogP contribution in [0.2, 0.25) is 0 Å². The van der Waals surface area contributed by atoms with Crippen molar-refractivity contribution in [1.82, 2.24) is 20.4 Å². The van der Waals surface area contributed by atoms with Crippen LogP contribution in [0.5, 0.6) is 0 Å². The highest BCUT2D eigenvalue weighted by Gasteiger charge is 2.10. The molecule has 1 aromatic carbocycles. The third-order valence-electron chi connectivity index (χ3n) is 3.84. The number of halogens is 2. The van der Waals surface area contributed by atoms with Crippen LogP contribution in [0, 0.1) is 19.7 Å². The van der Waals surface area contributed by atoms with Crippen LogP contribution < -0.4 is 16.0 Å². The number of carbonyl (C=O) groups is 1. The fourth-order valence-corrected chi connectivity index (χ4v) is 2.40. The summed E-state index contributed by atoms with van der Waals surface area (Å²) in [4.78, 5) is 16.0. The zero-order chi connectivity index (χ0) is 18.4. The molecule has 9 heteroatoms. The Kier molecular flexibility index (Phi) is 8.49. The number of benzene rings is 1. The Balaban J connectivity index is 0.00000338. The quantitative estimate of drug-likeness (QED) is 0.352. The van der Waals surface area contributed by atoms with Crippen LogP contribution in [0.3, 0.4) is 0 Å². The molecule has 2 rings (SSSR count). The smallest absolute Gasteiger partial charge is 0.243 e. The van der Waals surface area contributed by atoms with E-state index in [-0.39, 0.29) is 36.4 Å². The predicted octanol–water partition coefficient (Wildman–Crippen LogP) is 2.10. The molecule has 3 N–H and O–H groups in total. The molecule has 1 aromatic heterocycles. The molecule has 1 amide bonds. The first-order chi connectivity index (χ1) is 11.9. The normalized spacial score (nSPS) is 10.9. The third-order valence-corrected chi connectivity index (χ3v) is 3.84. The average Bonchev–Trinajstić information content (AvgIpc) is 2.80. The van der Waals surface area contributed by atoms with Gasteiger partial charge in [0.25, 0.3) is 0 Å². The summed E-state index contributed by atoms with van der Waals surface area (Å²) in [6.45, 7) is 4.52. The minimum Gasteiger partial charge on any atom is -0.352 e. The van der Waals surface area contributed by atoms with Crippen LogP contribution in [-0.4, -0.2) is 35.2 Å². The number of aryl methyl sites for hydroxylation is 2. The van der Waals surface area contributed by atoms with E-state index in [1.807, 2.05) is 25.6 Å². The molecule has 1 heterocycles. The van der Waals surface area contributed by atoms with E-state index in [0.717, 1.165) is 17.0 Å². The summed E-state index contributed by atoms with van der Waals surface area (Å²) in [5.74, 6) is -0.190. The molecule has 0 aliphatic rings. The van der Waals surface area contributed by atoms with Gasteiger partial charge in [-0.3, -0.25) is 14.5 Å². The lowest BCUT2D eigenvalue weighted by atomic mass is 10.2. The number of hydrogen-bond donors (Lipinski definition) is 3. The van der Waals surface area contributed by atoms with Crippen molar-refractivity contribution >= 4 is 41.5 Å². The fourth-order valence-electron chi connectivity index (χ4n) is 2.40. The molecule has 0 saturated carbocycles. The van der Waals surface area contributed by atoms with Crippen LogP contribution in [0.25, 0.3) is 0 Å². The van der Waals surface area contributed by atoms with Crippen molar-refractivity contribution < 1.29 is 9.18 Å². The monoisotopic (exact) mass is 474 g/mol. The van der Waals surface area contributed by atoms with Crippen LogP contribution in [0.1, 0.15) is 17.0 Å². The van der Waals surface area contributed by atoms with Gasteiger partial charge in [0, 0.05) is 37.6 Å². The minimum absolute atomic E-state index is 0. The van der Waals surface area contributed by atoms with Gasteiger partial charge in [0.05, 0.1) is 12.2 Å². The Morgan fingerprint density at radius 1 is 1.31 bits per heavy atom. The number of hydrogen-bond acceptors (Lipinski definition) is 3. The third kappa shape index (κ3) is 5.97. The maximum atomic E-state index is 13.1. The maximum absolute atomic E-state index is 13.1. The highest BCUT2D eigenvalue weighted by molar-refractivity contribution is 14.0. The summed E-state index contributed by atoms with van der Waals surface area (Å²) in [6.07, 6.45) is 0. The number of anilines is 1. The van der Waals surface area contributed by atoms with E-state index in [9.17, 15) is 9.18 Å². The molecule has 0 aliphatic heterocycles. The van der Waals surface area contributed by atoms with Gasteiger partial charge < -0.3 is 16.0 Å². The standard InChI is InChI=1S/C17H23FN6O.HI/c1-11-15(12(2)24(4)23-11)9-20-17(19-3)21-10-16(25)22-14-7-5-6-13(18)8-14;/h5-8H,9-10H2,1-4H3,(H,22,25)(H2,19,20,21);1H. The lowest BCUT2D eigenvalue weighted by Gasteiger charge is -2.12. The highest BCUT2D eigenvalue weighted by atomic mass is 127. The van der Waals surface area contributed by atoms with E-state index in [2.05, 4.69) is 26.0 Å². The van der Waals surface area contributed by atoms with Crippen molar-refractivity contribution in [1.29, 1.82) is 0 Å². The Morgan fingerprint density at radius 2 is 2.04 bits per heavy atom. The number of aromatic nitrogens is 2. The number of carbonyl (C=O) groups excluding carboxylic acids is 1. The molecule has 0 atom stereocenters. The largest absolute Gasteiger partial charge is 0.352 e. The summed E-state index contributed by atoms with van der Waals surface area (Å²) in [5.41, 5.74) is 3.53. The van der Waals surface area contributed by atoms with E-state index in [4.69, 9.17) is 0 Å². The molecule has 0 spiro atoms. The Hall–Kier alpha value is -2.17. The summed E-state index contributed by atoms with van der Waals surface area (Å²) in [7, 11) is 3.53. The number of rotatable bonds is 5. The topological polar surface area (TPSA) is 83.3 Å². The summed E-state index contributed by atoms with van der Waals surface area (Å²) in [6, 6.07) is 5.75. The average molecular weight is 474 g/mol. The van der Waals surface area contributed by atoms with Gasteiger partial charge in [0.1, 0.15) is 5.82 Å². The molecular weight excluding hydrogens is 450 g/mol. The van der Waals surface area contributed by atoms with Crippen molar-refractivity contribution in [2.24, 2.45) is 12.0 Å². The molecule has 0 radical (unpaired) electrons. The van der Waals surface area contributed by atoms with Gasteiger partial charge in [-0.2, -0.15) is 5.10 Å². The fraction of sp³-hybridized carbons (Fsp3) is 0.353. The molecule has 142 valence electrons. The molecule has 7 nitrogen and oxygen atoms in total. The number of amides is 1. The lowest BCUT2D eigenvalue weighted by molar-refractivity contribution is -0.115. The molecule has 0 aliphatic carbocycles. The van der Waals surface area contributed by atoms with E-state index < -0.39 is 5.82 Å².